The molecule has 6 nitrogen and oxygen atoms in total. The smallest absolute Gasteiger partial charge is 0.340 e. The van der Waals surface area contributed by atoms with Gasteiger partial charge in [0.15, 0.2) is 0 Å². The van der Waals surface area contributed by atoms with Crippen molar-refractivity contribution in [3.8, 4) is 5.75 Å². The van der Waals surface area contributed by atoms with Gasteiger partial charge in [-0.05, 0) is 38.1 Å². The molecule has 0 unspecified atom stereocenters. The van der Waals surface area contributed by atoms with Crippen LogP contribution in [0.25, 0.3) is 0 Å². The monoisotopic (exact) mass is 289 g/mol. The van der Waals surface area contributed by atoms with E-state index in [2.05, 4.69) is 5.10 Å². The number of carbonyl (C=O) groups is 1. The van der Waals surface area contributed by atoms with Crippen molar-refractivity contribution in [2.24, 2.45) is 0 Å². The summed E-state index contributed by atoms with van der Waals surface area (Å²) in [4.78, 5) is 12.1. The summed E-state index contributed by atoms with van der Waals surface area (Å²) in [7, 11) is 1.53. The molecule has 0 fully saturated rings. The summed E-state index contributed by atoms with van der Waals surface area (Å²) in [5, 5.41) is 4.31. The summed E-state index contributed by atoms with van der Waals surface area (Å²) in [5.74, 6) is 0.0819. The van der Waals surface area contributed by atoms with Crippen LogP contribution in [-0.2, 0) is 17.9 Å². The number of hydrogen-bond donors (Lipinski definition) is 1. The van der Waals surface area contributed by atoms with Gasteiger partial charge in [0, 0.05) is 12.2 Å². The van der Waals surface area contributed by atoms with Gasteiger partial charge in [-0.15, -0.1) is 0 Å². The number of esters is 1. The first kappa shape index (κ1) is 14.9. The maximum Gasteiger partial charge on any atom is 0.340 e. The minimum atomic E-state index is -0.479. The first-order chi connectivity index (χ1) is 10.0. The van der Waals surface area contributed by atoms with Gasteiger partial charge in [-0.1, -0.05) is 0 Å². The summed E-state index contributed by atoms with van der Waals surface area (Å²) < 4.78 is 12.2. The van der Waals surface area contributed by atoms with Gasteiger partial charge < -0.3 is 15.2 Å². The fourth-order valence-electron chi connectivity index (χ4n) is 2.05. The van der Waals surface area contributed by atoms with E-state index < -0.39 is 5.97 Å². The molecule has 0 aliphatic rings. The van der Waals surface area contributed by atoms with Crippen molar-refractivity contribution >= 4 is 11.7 Å². The number of ether oxygens (including phenoxy) is 2. The number of nitrogens with zero attached hydrogens (tertiary/aromatic N) is 2. The molecule has 112 valence electrons. The second kappa shape index (κ2) is 6.30. The van der Waals surface area contributed by atoms with Crippen LogP contribution in [-0.4, -0.2) is 22.9 Å². The number of hydrogen-bond acceptors (Lipinski definition) is 5. The Hall–Kier alpha value is -2.50. The van der Waals surface area contributed by atoms with Crippen molar-refractivity contribution in [1.82, 2.24) is 9.78 Å². The molecule has 1 aromatic carbocycles. The lowest BCUT2D eigenvalue weighted by atomic mass is 10.2. The molecule has 1 heterocycles. The molecular formula is C15H19N3O3. The molecule has 0 atom stereocenters. The van der Waals surface area contributed by atoms with E-state index in [0.717, 1.165) is 17.9 Å². The first-order valence-corrected chi connectivity index (χ1v) is 6.69. The molecule has 0 saturated carbocycles. The Morgan fingerprint density at radius 1 is 1.38 bits per heavy atom. The van der Waals surface area contributed by atoms with Crippen LogP contribution in [0.4, 0.5) is 5.69 Å². The Balaban J connectivity index is 2.11. The molecule has 2 rings (SSSR count). The third-order valence-corrected chi connectivity index (χ3v) is 3.12. The highest BCUT2D eigenvalue weighted by atomic mass is 16.5. The van der Waals surface area contributed by atoms with Gasteiger partial charge in [0.2, 0.25) is 0 Å². The number of rotatable bonds is 5. The van der Waals surface area contributed by atoms with E-state index in [1.165, 1.54) is 7.11 Å². The largest absolute Gasteiger partial charge is 0.497 e. The molecular weight excluding hydrogens is 270 g/mol. The van der Waals surface area contributed by atoms with Gasteiger partial charge in [-0.25, -0.2) is 4.79 Å². The van der Waals surface area contributed by atoms with E-state index in [1.54, 1.807) is 22.9 Å². The minimum Gasteiger partial charge on any atom is -0.497 e. The van der Waals surface area contributed by atoms with Gasteiger partial charge in [-0.2, -0.15) is 5.10 Å². The fourth-order valence-corrected chi connectivity index (χ4v) is 2.05. The number of anilines is 1. The van der Waals surface area contributed by atoms with Crippen LogP contribution in [0.5, 0.6) is 5.75 Å². The van der Waals surface area contributed by atoms with E-state index in [9.17, 15) is 4.79 Å². The van der Waals surface area contributed by atoms with Gasteiger partial charge in [0.25, 0.3) is 0 Å². The molecule has 1 aromatic heterocycles. The Bertz CT molecular complexity index is 650. The summed E-state index contributed by atoms with van der Waals surface area (Å²) in [6.07, 6.45) is 0. The van der Waals surface area contributed by atoms with Crippen molar-refractivity contribution in [2.75, 3.05) is 12.8 Å². The van der Waals surface area contributed by atoms with Crippen LogP contribution in [0, 0.1) is 6.92 Å². The number of aromatic nitrogens is 2. The fraction of sp³-hybridized carbons (Fsp3) is 0.333. The van der Waals surface area contributed by atoms with E-state index in [1.807, 2.05) is 19.9 Å². The Kier molecular flexibility index (Phi) is 4.47. The average molecular weight is 289 g/mol. The van der Waals surface area contributed by atoms with Gasteiger partial charge in [-0.3, -0.25) is 4.68 Å². The molecule has 2 aromatic rings. The summed E-state index contributed by atoms with van der Waals surface area (Å²) in [6, 6.07) is 6.78. The molecule has 0 spiro atoms. The van der Waals surface area contributed by atoms with Crippen molar-refractivity contribution in [2.45, 2.75) is 27.0 Å². The van der Waals surface area contributed by atoms with Crippen LogP contribution in [0.3, 0.4) is 0 Å². The van der Waals surface area contributed by atoms with Crippen molar-refractivity contribution in [3.63, 3.8) is 0 Å². The summed E-state index contributed by atoms with van der Waals surface area (Å²) in [5.41, 5.74) is 8.21. The van der Waals surface area contributed by atoms with Crippen LogP contribution in [0.15, 0.2) is 24.3 Å². The molecule has 6 heteroatoms. The highest BCUT2D eigenvalue weighted by Crippen LogP contribution is 2.20. The average Bonchev–Trinajstić information content (AvgIpc) is 2.85. The van der Waals surface area contributed by atoms with Crippen molar-refractivity contribution in [1.29, 1.82) is 0 Å². The predicted molar refractivity (Wildman–Crippen MR) is 79.2 cm³/mol. The maximum atomic E-state index is 12.1. The molecule has 0 bridgehead atoms. The molecule has 0 radical (unpaired) electrons. The predicted octanol–water partition coefficient (Wildman–Crippen LogP) is 2.16. The Morgan fingerprint density at radius 3 is 2.81 bits per heavy atom. The number of nitrogen functional groups attached to an aromatic ring is 1. The third kappa shape index (κ3) is 3.34. The Morgan fingerprint density at radius 2 is 2.14 bits per heavy atom. The van der Waals surface area contributed by atoms with E-state index in [4.69, 9.17) is 15.2 Å². The zero-order chi connectivity index (χ0) is 15.4. The third-order valence-electron chi connectivity index (χ3n) is 3.12. The van der Waals surface area contributed by atoms with E-state index in [-0.39, 0.29) is 6.61 Å². The van der Waals surface area contributed by atoms with Crippen LogP contribution in [0.1, 0.15) is 28.7 Å². The summed E-state index contributed by atoms with van der Waals surface area (Å²) in [6.45, 7) is 4.77. The number of methoxy groups -OCH3 is 1. The van der Waals surface area contributed by atoms with Crippen LogP contribution < -0.4 is 10.5 Å². The number of carbonyl (C=O) groups excluding carboxylic acids is 1. The molecule has 0 aliphatic carbocycles. The van der Waals surface area contributed by atoms with Gasteiger partial charge in [0.05, 0.1) is 24.1 Å². The highest BCUT2D eigenvalue weighted by Gasteiger charge is 2.14. The first-order valence-electron chi connectivity index (χ1n) is 6.69. The highest BCUT2D eigenvalue weighted by molar-refractivity contribution is 5.95. The van der Waals surface area contributed by atoms with Crippen LogP contribution in [0.2, 0.25) is 0 Å². The molecule has 2 N–H and O–H groups in total. The van der Waals surface area contributed by atoms with Crippen molar-refractivity contribution in [3.05, 3.63) is 41.2 Å². The van der Waals surface area contributed by atoms with Crippen molar-refractivity contribution < 1.29 is 14.3 Å². The van der Waals surface area contributed by atoms with Crippen LogP contribution >= 0.6 is 0 Å². The topological polar surface area (TPSA) is 79.4 Å². The zero-order valence-corrected chi connectivity index (χ0v) is 12.4. The minimum absolute atomic E-state index is 0.157. The second-order valence-corrected chi connectivity index (χ2v) is 4.62. The lowest BCUT2D eigenvalue weighted by molar-refractivity contribution is 0.0463. The lowest BCUT2D eigenvalue weighted by Crippen LogP contribution is -2.11. The molecule has 0 amide bonds. The maximum absolute atomic E-state index is 12.1. The number of benzene rings is 1. The van der Waals surface area contributed by atoms with Gasteiger partial charge >= 0.3 is 5.97 Å². The SMILES string of the molecule is CCn1nc(C)cc1COC(=O)c1cc(OC)ccc1N. The second-order valence-electron chi connectivity index (χ2n) is 4.62. The molecule has 0 aliphatic heterocycles. The summed E-state index contributed by atoms with van der Waals surface area (Å²) >= 11 is 0. The zero-order valence-electron chi connectivity index (χ0n) is 12.4. The molecule has 0 saturated heterocycles. The van der Waals surface area contributed by atoms with Gasteiger partial charge in [0.1, 0.15) is 12.4 Å². The standard InChI is InChI=1S/C15H19N3O3/c1-4-18-11(7-10(2)17-18)9-21-15(19)13-8-12(20-3)5-6-14(13)16/h5-8H,4,9,16H2,1-3H3. The lowest BCUT2D eigenvalue weighted by Gasteiger charge is -2.09. The Labute approximate surface area is 123 Å². The number of aryl methyl sites for hydroxylation is 2. The van der Waals surface area contributed by atoms with E-state index >= 15 is 0 Å². The number of nitrogens with two attached hydrogens (primary N) is 1. The molecule has 21 heavy (non-hydrogen) atoms. The van der Waals surface area contributed by atoms with E-state index in [0.29, 0.717) is 17.0 Å². The quantitative estimate of drug-likeness (QED) is 0.674. The normalized spacial score (nSPS) is 10.4.